The highest BCUT2D eigenvalue weighted by Crippen LogP contribution is 2.39. The van der Waals surface area contributed by atoms with Gasteiger partial charge in [-0.05, 0) is 72.4 Å². The fourth-order valence-electron chi connectivity index (χ4n) is 4.21. The van der Waals surface area contributed by atoms with Crippen LogP contribution in [0.4, 0.5) is 4.39 Å². The maximum Gasteiger partial charge on any atom is 0.336 e. The van der Waals surface area contributed by atoms with Gasteiger partial charge < -0.3 is 5.11 Å². The molecule has 0 amide bonds. The van der Waals surface area contributed by atoms with Crippen LogP contribution in [-0.4, -0.2) is 11.1 Å². The zero-order valence-corrected chi connectivity index (χ0v) is 15.5. The number of benzene rings is 2. The van der Waals surface area contributed by atoms with Crippen LogP contribution < -0.4 is 0 Å². The molecule has 0 aromatic heterocycles. The number of carboxylic acids is 1. The number of aromatic carboxylic acids is 1. The Kier molecular flexibility index (Phi) is 5.91. The van der Waals surface area contributed by atoms with Crippen LogP contribution in [0.1, 0.15) is 72.9 Å². The molecular weight excluding hydrogens is 341 g/mol. The number of carbonyl (C=O) groups is 1. The maximum atomic E-state index is 14.1. The van der Waals surface area contributed by atoms with Gasteiger partial charge in [0, 0.05) is 0 Å². The van der Waals surface area contributed by atoms with Gasteiger partial charge in [0.2, 0.25) is 0 Å². The molecule has 2 aromatic rings. The van der Waals surface area contributed by atoms with Crippen LogP contribution in [0.2, 0.25) is 0 Å². The predicted octanol–water partition coefficient (Wildman–Crippen LogP) is 6.14. The lowest BCUT2D eigenvalue weighted by Gasteiger charge is -2.29. The molecule has 140 valence electrons. The molecule has 3 rings (SSSR count). The Hall–Kier alpha value is -2.67. The van der Waals surface area contributed by atoms with E-state index in [0.29, 0.717) is 17.0 Å². The van der Waals surface area contributed by atoms with Gasteiger partial charge in [-0.15, -0.1) is 0 Å². The van der Waals surface area contributed by atoms with Crippen molar-refractivity contribution in [1.29, 1.82) is 5.26 Å². The molecule has 0 saturated heterocycles. The highest BCUT2D eigenvalue weighted by atomic mass is 19.1. The number of nitriles is 1. The van der Waals surface area contributed by atoms with E-state index in [2.05, 4.69) is 6.92 Å². The molecule has 0 bridgehead atoms. The number of nitrogens with zero attached hydrogens (tertiary/aromatic N) is 1. The van der Waals surface area contributed by atoms with Crippen molar-refractivity contribution in [2.24, 2.45) is 5.92 Å². The predicted molar refractivity (Wildman–Crippen MR) is 103 cm³/mol. The van der Waals surface area contributed by atoms with Crippen molar-refractivity contribution in [3.8, 4) is 17.2 Å². The zero-order chi connectivity index (χ0) is 19.4. The Bertz CT molecular complexity index is 876. The van der Waals surface area contributed by atoms with E-state index >= 15 is 0 Å². The van der Waals surface area contributed by atoms with E-state index in [1.165, 1.54) is 37.8 Å². The van der Waals surface area contributed by atoms with E-state index in [4.69, 9.17) is 5.26 Å². The second kappa shape index (κ2) is 8.35. The van der Waals surface area contributed by atoms with Crippen LogP contribution in [0, 0.1) is 23.1 Å². The summed E-state index contributed by atoms with van der Waals surface area (Å²) in [5.74, 6) is -0.440. The summed E-state index contributed by atoms with van der Waals surface area (Å²) >= 11 is 0. The molecule has 0 aliphatic heterocycles. The van der Waals surface area contributed by atoms with Gasteiger partial charge in [-0.3, -0.25) is 0 Å². The SMILES string of the molecule is CCCC1CCC(c2ccc(C(=O)O)c(-c3ccc(C#N)c(F)c3)c2)CC1. The van der Waals surface area contributed by atoms with Crippen LogP contribution in [0.3, 0.4) is 0 Å². The number of rotatable bonds is 5. The summed E-state index contributed by atoms with van der Waals surface area (Å²) in [6.45, 7) is 2.22. The normalized spacial score (nSPS) is 19.4. The van der Waals surface area contributed by atoms with Gasteiger partial charge in [0.1, 0.15) is 11.9 Å². The van der Waals surface area contributed by atoms with Crippen molar-refractivity contribution >= 4 is 5.97 Å². The highest BCUT2D eigenvalue weighted by molar-refractivity contribution is 5.96. The lowest BCUT2D eigenvalue weighted by atomic mass is 9.76. The number of carboxylic acid groups (broad SMARTS) is 1. The van der Waals surface area contributed by atoms with Crippen molar-refractivity contribution in [3.63, 3.8) is 0 Å². The van der Waals surface area contributed by atoms with Gasteiger partial charge in [-0.25, -0.2) is 9.18 Å². The first-order valence-electron chi connectivity index (χ1n) is 9.60. The molecule has 1 fully saturated rings. The molecule has 1 saturated carbocycles. The Labute approximate surface area is 159 Å². The van der Waals surface area contributed by atoms with E-state index in [1.807, 2.05) is 12.1 Å². The molecule has 0 heterocycles. The second-order valence-electron chi connectivity index (χ2n) is 7.42. The molecule has 2 aromatic carbocycles. The molecule has 0 unspecified atom stereocenters. The molecule has 1 aliphatic rings. The van der Waals surface area contributed by atoms with Crippen molar-refractivity contribution in [2.45, 2.75) is 51.4 Å². The molecule has 4 heteroatoms. The summed E-state index contributed by atoms with van der Waals surface area (Å²) in [4.78, 5) is 11.7. The van der Waals surface area contributed by atoms with Crippen molar-refractivity contribution in [1.82, 2.24) is 0 Å². The first-order chi connectivity index (χ1) is 13.0. The smallest absolute Gasteiger partial charge is 0.336 e. The van der Waals surface area contributed by atoms with E-state index in [1.54, 1.807) is 18.2 Å². The first kappa shape index (κ1) is 19.1. The fraction of sp³-hybridized carbons (Fsp3) is 0.391. The van der Waals surface area contributed by atoms with Crippen molar-refractivity contribution in [2.75, 3.05) is 0 Å². The molecule has 0 spiro atoms. The Morgan fingerprint density at radius 3 is 2.52 bits per heavy atom. The Morgan fingerprint density at radius 2 is 1.93 bits per heavy atom. The van der Waals surface area contributed by atoms with Gasteiger partial charge >= 0.3 is 5.97 Å². The molecule has 0 atom stereocenters. The number of hydrogen-bond acceptors (Lipinski definition) is 2. The third-order valence-corrected chi connectivity index (χ3v) is 5.69. The van der Waals surface area contributed by atoms with Crippen LogP contribution in [0.5, 0.6) is 0 Å². The van der Waals surface area contributed by atoms with Crippen molar-refractivity contribution in [3.05, 3.63) is 58.9 Å². The van der Waals surface area contributed by atoms with Gasteiger partial charge in [-0.2, -0.15) is 5.26 Å². The highest BCUT2D eigenvalue weighted by Gasteiger charge is 2.23. The lowest BCUT2D eigenvalue weighted by molar-refractivity contribution is 0.0697. The van der Waals surface area contributed by atoms with E-state index in [-0.39, 0.29) is 11.1 Å². The van der Waals surface area contributed by atoms with E-state index < -0.39 is 11.8 Å². The summed E-state index contributed by atoms with van der Waals surface area (Å²) in [5.41, 5.74) is 2.24. The minimum Gasteiger partial charge on any atom is -0.478 e. The van der Waals surface area contributed by atoms with Gasteiger partial charge in [-0.1, -0.05) is 38.0 Å². The molecular formula is C23H24FNO2. The minimum absolute atomic E-state index is 0.0407. The number of hydrogen-bond donors (Lipinski definition) is 1. The topological polar surface area (TPSA) is 61.1 Å². The zero-order valence-electron chi connectivity index (χ0n) is 15.5. The molecule has 0 radical (unpaired) electrons. The summed E-state index contributed by atoms with van der Waals surface area (Å²) in [5, 5.41) is 18.5. The molecule has 3 nitrogen and oxygen atoms in total. The largest absolute Gasteiger partial charge is 0.478 e. The van der Waals surface area contributed by atoms with Crippen LogP contribution in [0.25, 0.3) is 11.1 Å². The first-order valence-corrected chi connectivity index (χ1v) is 9.60. The summed E-state index contributed by atoms with van der Waals surface area (Å²) in [7, 11) is 0. The summed E-state index contributed by atoms with van der Waals surface area (Å²) in [6, 6.07) is 11.5. The quantitative estimate of drug-likeness (QED) is 0.692. The van der Waals surface area contributed by atoms with Crippen LogP contribution >= 0.6 is 0 Å². The van der Waals surface area contributed by atoms with Crippen LogP contribution in [-0.2, 0) is 0 Å². The third-order valence-electron chi connectivity index (χ3n) is 5.69. The van der Waals surface area contributed by atoms with Gasteiger partial charge in [0.25, 0.3) is 0 Å². The van der Waals surface area contributed by atoms with Gasteiger partial charge in [0.05, 0.1) is 11.1 Å². The standard InChI is InChI=1S/C23H24FNO2/c1-2-3-15-4-6-16(7-5-15)17-10-11-20(23(26)27)21(12-17)18-8-9-19(14-25)22(24)13-18/h8-13,15-16H,2-7H2,1H3,(H,26,27). The monoisotopic (exact) mass is 365 g/mol. The molecule has 27 heavy (non-hydrogen) atoms. The Morgan fingerprint density at radius 1 is 1.19 bits per heavy atom. The number of halogens is 1. The molecule has 1 aliphatic carbocycles. The summed E-state index contributed by atoms with van der Waals surface area (Å²) in [6.07, 6.45) is 7.13. The fourth-order valence-corrected chi connectivity index (χ4v) is 4.21. The van der Waals surface area contributed by atoms with E-state index in [9.17, 15) is 14.3 Å². The second-order valence-corrected chi connectivity index (χ2v) is 7.42. The Balaban J connectivity index is 1.94. The average Bonchev–Trinajstić information content (AvgIpc) is 2.68. The molecule has 1 N–H and O–H groups in total. The minimum atomic E-state index is -1.03. The summed E-state index contributed by atoms with van der Waals surface area (Å²) < 4.78 is 14.1. The van der Waals surface area contributed by atoms with E-state index in [0.717, 1.165) is 24.3 Å². The van der Waals surface area contributed by atoms with Crippen LogP contribution in [0.15, 0.2) is 36.4 Å². The van der Waals surface area contributed by atoms with Gasteiger partial charge in [0.15, 0.2) is 0 Å². The third kappa shape index (κ3) is 4.19. The average molecular weight is 365 g/mol. The van der Waals surface area contributed by atoms with Crippen molar-refractivity contribution < 1.29 is 14.3 Å². The lowest BCUT2D eigenvalue weighted by Crippen LogP contribution is -2.13. The maximum absolute atomic E-state index is 14.1.